The first-order valence-electron chi connectivity index (χ1n) is 8.86. The molecule has 0 aliphatic carbocycles. The fourth-order valence-electron chi connectivity index (χ4n) is 2.94. The van der Waals surface area contributed by atoms with E-state index in [1.165, 1.54) is 30.3 Å². The van der Waals surface area contributed by atoms with Crippen molar-refractivity contribution in [2.24, 2.45) is 0 Å². The fraction of sp³-hybridized carbons (Fsp3) is 0.0476. The SMILES string of the molecule is O=C1S/C(=C\c2ccc(-c3cccc(Cl)c3Cl)o2)C(=O)N1Cc1ccc([N+](=O)[O-])cc1. The van der Waals surface area contributed by atoms with E-state index in [1.54, 1.807) is 30.3 Å². The molecular formula is C21H12Cl2N2O5S. The Morgan fingerprint density at radius 3 is 2.52 bits per heavy atom. The minimum absolute atomic E-state index is 0.0154. The number of nitro benzene ring substituents is 1. The summed E-state index contributed by atoms with van der Waals surface area (Å²) in [5.41, 5.74) is 1.15. The second-order valence-electron chi connectivity index (χ2n) is 6.49. The number of carbonyl (C=O) groups excluding carboxylic acids is 2. The summed E-state index contributed by atoms with van der Waals surface area (Å²) in [6.07, 6.45) is 1.49. The van der Waals surface area contributed by atoms with Crippen LogP contribution >= 0.6 is 35.0 Å². The molecule has 1 saturated heterocycles. The lowest BCUT2D eigenvalue weighted by Gasteiger charge is -2.12. The van der Waals surface area contributed by atoms with Crippen LogP contribution in [0.15, 0.2) is 63.9 Å². The standard InChI is InChI=1S/C21H12Cl2N2O5S/c22-16-3-1-2-15(19(16)23)17-9-8-14(30-17)10-18-20(26)24(21(27)31-18)11-12-4-6-13(7-5-12)25(28)29/h1-10H,11H2/b18-10-. The maximum Gasteiger partial charge on any atom is 0.293 e. The van der Waals surface area contributed by atoms with Gasteiger partial charge in [0.25, 0.3) is 16.8 Å². The smallest absolute Gasteiger partial charge is 0.293 e. The van der Waals surface area contributed by atoms with Crippen LogP contribution in [0.4, 0.5) is 10.5 Å². The van der Waals surface area contributed by atoms with Crippen LogP contribution in [0.2, 0.25) is 10.0 Å². The molecule has 4 rings (SSSR count). The molecule has 31 heavy (non-hydrogen) atoms. The zero-order valence-corrected chi connectivity index (χ0v) is 17.9. The average molecular weight is 475 g/mol. The van der Waals surface area contributed by atoms with Crippen molar-refractivity contribution in [1.82, 2.24) is 4.90 Å². The molecule has 0 radical (unpaired) electrons. The van der Waals surface area contributed by atoms with Crippen molar-refractivity contribution in [3.05, 3.63) is 91.0 Å². The van der Waals surface area contributed by atoms with E-state index in [9.17, 15) is 19.7 Å². The molecule has 1 fully saturated rings. The van der Waals surface area contributed by atoms with E-state index in [2.05, 4.69) is 0 Å². The van der Waals surface area contributed by atoms with Gasteiger partial charge in [0, 0.05) is 23.8 Å². The van der Waals surface area contributed by atoms with Crippen LogP contribution in [0.3, 0.4) is 0 Å². The van der Waals surface area contributed by atoms with Crippen LogP contribution in [-0.2, 0) is 11.3 Å². The minimum Gasteiger partial charge on any atom is -0.457 e. The topological polar surface area (TPSA) is 93.7 Å². The van der Waals surface area contributed by atoms with E-state index in [-0.39, 0.29) is 17.1 Å². The van der Waals surface area contributed by atoms with Crippen LogP contribution in [0, 0.1) is 10.1 Å². The second-order valence-corrected chi connectivity index (χ2v) is 8.27. The van der Waals surface area contributed by atoms with Crippen LogP contribution in [0.1, 0.15) is 11.3 Å². The molecule has 2 aromatic carbocycles. The fourth-order valence-corrected chi connectivity index (χ4v) is 4.15. The first-order valence-corrected chi connectivity index (χ1v) is 10.4. The monoisotopic (exact) mass is 474 g/mol. The molecule has 10 heteroatoms. The number of amides is 2. The van der Waals surface area contributed by atoms with Gasteiger partial charge in [-0.3, -0.25) is 24.6 Å². The van der Waals surface area contributed by atoms with Gasteiger partial charge in [-0.2, -0.15) is 0 Å². The Labute approximate surface area is 190 Å². The maximum atomic E-state index is 12.7. The number of rotatable bonds is 5. The number of imide groups is 1. The van der Waals surface area contributed by atoms with Gasteiger partial charge in [-0.25, -0.2) is 0 Å². The Morgan fingerprint density at radius 2 is 1.81 bits per heavy atom. The molecule has 0 atom stereocenters. The van der Waals surface area contributed by atoms with Crippen molar-refractivity contribution >= 4 is 57.9 Å². The first-order chi connectivity index (χ1) is 14.8. The van der Waals surface area contributed by atoms with E-state index in [4.69, 9.17) is 27.6 Å². The number of non-ortho nitro benzene ring substituents is 1. The highest BCUT2D eigenvalue weighted by molar-refractivity contribution is 8.18. The molecule has 1 aliphatic heterocycles. The maximum absolute atomic E-state index is 12.7. The number of hydrogen-bond acceptors (Lipinski definition) is 6. The van der Waals surface area contributed by atoms with E-state index in [1.807, 2.05) is 0 Å². The van der Waals surface area contributed by atoms with Gasteiger partial charge in [-0.1, -0.05) is 41.4 Å². The summed E-state index contributed by atoms with van der Waals surface area (Å²) in [6.45, 7) is 0.0154. The number of benzene rings is 2. The zero-order valence-electron chi connectivity index (χ0n) is 15.6. The highest BCUT2D eigenvalue weighted by Gasteiger charge is 2.35. The van der Waals surface area contributed by atoms with Crippen LogP contribution in [0.25, 0.3) is 17.4 Å². The summed E-state index contributed by atoms with van der Waals surface area (Å²) in [5.74, 6) is 0.392. The summed E-state index contributed by atoms with van der Waals surface area (Å²) < 4.78 is 5.76. The predicted molar refractivity (Wildman–Crippen MR) is 119 cm³/mol. The molecule has 0 bridgehead atoms. The molecule has 1 aromatic heterocycles. The third-order valence-corrected chi connectivity index (χ3v) is 6.20. The molecule has 1 aliphatic rings. The van der Waals surface area contributed by atoms with Crippen molar-refractivity contribution in [3.63, 3.8) is 0 Å². The molecule has 3 aromatic rings. The lowest BCUT2D eigenvalue weighted by atomic mass is 10.2. The second kappa shape index (κ2) is 8.58. The van der Waals surface area contributed by atoms with Crippen LogP contribution in [-0.4, -0.2) is 21.0 Å². The summed E-state index contributed by atoms with van der Waals surface area (Å²) in [5, 5.41) is 11.1. The Balaban J connectivity index is 1.53. The Hall–Kier alpha value is -3.07. The van der Waals surface area contributed by atoms with Gasteiger partial charge in [-0.05, 0) is 41.6 Å². The predicted octanol–water partition coefficient (Wildman–Crippen LogP) is 6.40. The van der Waals surface area contributed by atoms with Crippen LogP contribution in [0.5, 0.6) is 0 Å². The van der Waals surface area contributed by atoms with E-state index in [0.29, 0.717) is 32.7 Å². The molecule has 0 spiro atoms. The number of furan rings is 1. The third-order valence-electron chi connectivity index (χ3n) is 4.48. The van der Waals surface area contributed by atoms with Gasteiger partial charge in [0.1, 0.15) is 11.5 Å². The van der Waals surface area contributed by atoms with Crippen molar-refractivity contribution in [2.75, 3.05) is 0 Å². The molecular weight excluding hydrogens is 463 g/mol. The van der Waals surface area contributed by atoms with Crippen molar-refractivity contribution < 1.29 is 18.9 Å². The van der Waals surface area contributed by atoms with Crippen molar-refractivity contribution in [2.45, 2.75) is 6.54 Å². The highest BCUT2D eigenvalue weighted by Crippen LogP contribution is 2.37. The number of carbonyl (C=O) groups is 2. The largest absolute Gasteiger partial charge is 0.457 e. The molecule has 156 valence electrons. The van der Waals surface area contributed by atoms with E-state index >= 15 is 0 Å². The van der Waals surface area contributed by atoms with Crippen LogP contribution < -0.4 is 0 Å². The normalized spacial score (nSPS) is 15.2. The zero-order chi connectivity index (χ0) is 22.1. The number of hydrogen-bond donors (Lipinski definition) is 0. The lowest BCUT2D eigenvalue weighted by molar-refractivity contribution is -0.384. The molecule has 2 amide bonds. The molecule has 7 nitrogen and oxygen atoms in total. The summed E-state index contributed by atoms with van der Waals surface area (Å²) in [4.78, 5) is 36.6. The molecule has 0 unspecified atom stereocenters. The van der Waals surface area contributed by atoms with Gasteiger partial charge < -0.3 is 4.42 Å². The first kappa shape index (κ1) is 21.2. The molecule has 0 saturated carbocycles. The van der Waals surface area contributed by atoms with Gasteiger partial charge >= 0.3 is 0 Å². The Kier molecular flexibility index (Phi) is 5.86. The summed E-state index contributed by atoms with van der Waals surface area (Å²) in [7, 11) is 0. The Morgan fingerprint density at radius 1 is 1.06 bits per heavy atom. The number of halogens is 2. The molecule has 0 N–H and O–H groups in total. The van der Waals surface area contributed by atoms with Crippen molar-refractivity contribution in [3.8, 4) is 11.3 Å². The van der Waals surface area contributed by atoms with Gasteiger partial charge in [0.05, 0.1) is 26.4 Å². The summed E-state index contributed by atoms with van der Waals surface area (Å²) in [6, 6.07) is 14.2. The van der Waals surface area contributed by atoms with Crippen molar-refractivity contribution in [1.29, 1.82) is 0 Å². The number of nitro groups is 1. The van der Waals surface area contributed by atoms with Gasteiger partial charge in [0.15, 0.2) is 0 Å². The lowest BCUT2D eigenvalue weighted by Crippen LogP contribution is -2.27. The van der Waals surface area contributed by atoms with Gasteiger partial charge in [-0.15, -0.1) is 0 Å². The Bertz CT molecular complexity index is 1240. The molecule has 2 heterocycles. The van der Waals surface area contributed by atoms with E-state index in [0.717, 1.165) is 16.7 Å². The highest BCUT2D eigenvalue weighted by atomic mass is 35.5. The summed E-state index contributed by atoms with van der Waals surface area (Å²) >= 11 is 13.1. The average Bonchev–Trinajstić information content (AvgIpc) is 3.31. The quantitative estimate of drug-likeness (QED) is 0.241. The van der Waals surface area contributed by atoms with Gasteiger partial charge in [0.2, 0.25) is 0 Å². The minimum atomic E-state index is -0.513. The third kappa shape index (κ3) is 4.36. The number of thioether (sulfide) groups is 1. The number of nitrogens with zero attached hydrogens (tertiary/aromatic N) is 2. The van der Waals surface area contributed by atoms with E-state index < -0.39 is 16.1 Å².